The standard InChI is InChI=1S/C16H21ClN2/c1-11-14(16(10-18)8-3-2-4-9-16)12-6-5-7-13(17)15(12)19-11/h5-7,19H,2-4,8-10,18H2,1H3. The summed E-state index contributed by atoms with van der Waals surface area (Å²) < 4.78 is 0. The lowest BCUT2D eigenvalue weighted by Gasteiger charge is -2.37. The van der Waals surface area contributed by atoms with Crippen molar-refractivity contribution in [3.8, 4) is 0 Å². The maximum absolute atomic E-state index is 6.31. The molecule has 0 saturated heterocycles. The second-order valence-electron chi connectivity index (χ2n) is 5.83. The molecule has 0 amide bonds. The van der Waals surface area contributed by atoms with Gasteiger partial charge in [0.15, 0.2) is 0 Å². The highest BCUT2D eigenvalue weighted by molar-refractivity contribution is 6.35. The molecule has 0 bridgehead atoms. The molecule has 3 rings (SSSR count). The van der Waals surface area contributed by atoms with Crippen LogP contribution < -0.4 is 5.73 Å². The highest BCUT2D eigenvalue weighted by atomic mass is 35.5. The predicted molar refractivity (Wildman–Crippen MR) is 81.9 cm³/mol. The minimum Gasteiger partial charge on any atom is -0.357 e. The van der Waals surface area contributed by atoms with Crippen molar-refractivity contribution >= 4 is 22.5 Å². The van der Waals surface area contributed by atoms with Gasteiger partial charge in [-0.3, -0.25) is 0 Å². The number of nitrogens with one attached hydrogen (secondary N) is 1. The molecule has 0 unspecified atom stereocenters. The Morgan fingerprint density at radius 1 is 1.26 bits per heavy atom. The Labute approximate surface area is 119 Å². The van der Waals surface area contributed by atoms with Crippen LogP contribution in [-0.4, -0.2) is 11.5 Å². The second kappa shape index (κ2) is 4.84. The summed E-state index contributed by atoms with van der Waals surface area (Å²) in [4.78, 5) is 3.46. The van der Waals surface area contributed by atoms with Crippen LogP contribution in [0.25, 0.3) is 10.9 Å². The Hall–Kier alpha value is -0.990. The molecule has 3 N–H and O–H groups in total. The minimum atomic E-state index is 0.144. The third-order valence-electron chi connectivity index (χ3n) is 4.70. The SMILES string of the molecule is Cc1[nH]c2c(Cl)cccc2c1C1(CN)CCCCC1. The van der Waals surface area contributed by atoms with Crippen LogP contribution in [0.3, 0.4) is 0 Å². The number of aryl methyl sites for hydroxylation is 1. The molecule has 1 aromatic heterocycles. The van der Waals surface area contributed by atoms with Gasteiger partial charge in [0, 0.05) is 23.0 Å². The second-order valence-corrected chi connectivity index (χ2v) is 6.24. The summed E-state index contributed by atoms with van der Waals surface area (Å²) in [7, 11) is 0. The van der Waals surface area contributed by atoms with Crippen LogP contribution in [0.2, 0.25) is 5.02 Å². The minimum absolute atomic E-state index is 0.144. The van der Waals surface area contributed by atoms with Crippen molar-refractivity contribution in [1.82, 2.24) is 4.98 Å². The van der Waals surface area contributed by atoms with Crippen molar-refractivity contribution in [3.05, 3.63) is 34.5 Å². The molecule has 0 aliphatic heterocycles. The maximum atomic E-state index is 6.31. The van der Waals surface area contributed by atoms with Gasteiger partial charge in [-0.25, -0.2) is 0 Å². The largest absolute Gasteiger partial charge is 0.357 e. The van der Waals surface area contributed by atoms with Crippen molar-refractivity contribution in [2.75, 3.05) is 6.54 Å². The van der Waals surface area contributed by atoms with Gasteiger partial charge >= 0.3 is 0 Å². The molecular weight excluding hydrogens is 256 g/mol. The lowest BCUT2D eigenvalue weighted by Crippen LogP contribution is -2.37. The van der Waals surface area contributed by atoms with Crippen LogP contribution in [0.4, 0.5) is 0 Å². The molecule has 1 heterocycles. The zero-order valence-electron chi connectivity index (χ0n) is 11.4. The average Bonchev–Trinajstić information content (AvgIpc) is 2.78. The number of halogens is 1. The number of aromatic nitrogens is 1. The van der Waals surface area contributed by atoms with E-state index in [0.29, 0.717) is 0 Å². The first-order chi connectivity index (χ1) is 9.18. The molecule has 0 atom stereocenters. The van der Waals surface area contributed by atoms with Crippen LogP contribution in [0.15, 0.2) is 18.2 Å². The van der Waals surface area contributed by atoms with Crippen LogP contribution in [0.5, 0.6) is 0 Å². The Balaban J connectivity index is 2.23. The van der Waals surface area contributed by atoms with E-state index < -0.39 is 0 Å². The molecule has 1 aliphatic carbocycles. The summed E-state index contributed by atoms with van der Waals surface area (Å²) in [6.07, 6.45) is 6.30. The zero-order chi connectivity index (χ0) is 13.5. The quantitative estimate of drug-likeness (QED) is 0.844. The van der Waals surface area contributed by atoms with Crippen molar-refractivity contribution in [3.63, 3.8) is 0 Å². The summed E-state index contributed by atoms with van der Waals surface area (Å²) in [6, 6.07) is 6.15. The summed E-state index contributed by atoms with van der Waals surface area (Å²) in [6.45, 7) is 2.88. The van der Waals surface area contributed by atoms with Crippen LogP contribution >= 0.6 is 11.6 Å². The first-order valence-corrected chi connectivity index (χ1v) is 7.53. The molecule has 1 fully saturated rings. The van der Waals surface area contributed by atoms with Gasteiger partial charge in [-0.15, -0.1) is 0 Å². The van der Waals surface area contributed by atoms with E-state index in [-0.39, 0.29) is 5.41 Å². The van der Waals surface area contributed by atoms with E-state index in [9.17, 15) is 0 Å². The van der Waals surface area contributed by atoms with E-state index in [4.69, 9.17) is 17.3 Å². The van der Waals surface area contributed by atoms with Gasteiger partial charge in [0.1, 0.15) is 0 Å². The Bertz CT molecular complexity index is 594. The van der Waals surface area contributed by atoms with E-state index in [1.807, 2.05) is 12.1 Å². The van der Waals surface area contributed by atoms with E-state index in [1.165, 1.54) is 48.7 Å². The highest BCUT2D eigenvalue weighted by Gasteiger charge is 2.36. The Morgan fingerprint density at radius 2 is 2.00 bits per heavy atom. The summed E-state index contributed by atoms with van der Waals surface area (Å²) in [5.41, 5.74) is 10.0. The molecule has 0 spiro atoms. The highest BCUT2D eigenvalue weighted by Crippen LogP contribution is 2.44. The first-order valence-electron chi connectivity index (χ1n) is 7.15. The monoisotopic (exact) mass is 276 g/mol. The lowest BCUT2D eigenvalue weighted by atomic mass is 9.68. The molecular formula is C16H21ClN2. The molecule has 0 radical (unpaired) electrons. The van der Waals surface area contributed by atoms with Gasteiger partial charge in [-0.05, 0) is 31.4 Å². The van der Waals surface area contributed by atoms with Gasteiger partial charge < -0.3 is 10.7 Å². The number of nitrogens with two attached hydrogens (primary N) is 1. The number of hydrogen-bond acceptors (Lipinski definition) is 1. The third kappa shape index (κ3) is 1.98. The van der Waals surface area contributed by atoms with Crippen molar-refractivity contribution < 1.29 is 0 Å². The zero-order valence-corrected chi connectivity index (χ0v) is 12.2. The van der Waals surface area contributed by atoms with E-state index in [2.05, 4.69) is 18.0 Å². The number of fused-ring (bicyclic) bond motifs is 1. The fourth-order valence-electron chi connectivity index (χ4n) is 3.78. The van der Waals surface area contributed by atoms with Gasteiger partial charge in [-0.2, -0.15) is 0 Å². The van der Waals surface area contributed by atoms with E-state index in [0.717, 1.165) is 17.1 Å². The molecule has 2 aromatic rings. The fraction of sp³-hybridized carbons (Fsp3) is 0.500. The predicted octanol–water partition coefficient (Wildman–Crippen LogP) is 4.29. The third-order valence-corrected chi connectivity index (χ3v) is 5.02. The number of para-hydroxylation sites is 1. The number of hydrogen-bond donors (Lipinski definition) is 2. The van der Waals surface area contributed by atoms with Crippen molar-refractivity contribution in [2.45, 2.75) is 44.4 Å². The molecule has 102 valence electrons. The molecule has 19 heavy (non-hydrogen) atoms. The maximum Gasteiger partial charge on any atom is 0.0648 e. The summed E-state index contributed by atoms with van der Waals surface area (Å²) in [5, 5.41) is 2.06. The van der Waals surface area contributed by atoms with Gasteiger partial charge in [0.2, 0.25) is 0 Å². The number of rotatable bonds is 2. The Kier molecular flexibility index (Phi) is 3.32. The molecule has 2 nitrogen and oxygen atoms in total. The Morgan fingerprint density at radius 3 is 2.68 bits per heavy atom. The lowest BCUT2D eigenvalue weighted by molar-refractivity contribution is 0.302. The summed E-state index contributed by atoms with van der Waals surface area (Å²) in [5.74, 6) is 0. The smallest absolute Gasteiger partial charge is 0.0648 e. The number of H-pyrrole nitrogens is 1. The van der Waals surface area contributed by atoms with Gasteiger partial charge in [0.25, 0.3) is 0 Å². The van der Waals surface area contributed by atoms with Gasteiger partial charge in [0.05, 0.1) is 10.5 Å². The van der Waals surface area contributed by atoms with E-state index in [1.54, 1.807) is 0 Å². The van der Waals surface area contributed by atoms with Crippen LogP contribution in [-0.2, 0) is 5.41 Å². The normalized spacial score (nSPS) is 18.9. The number of benzene rings is 1. The average molecular weight is 277 g/mol. The number of aromatic amines is 1. The molecule has 1 aromatic carbocycles. The van der Waals surface area contributed by atoms with Gasteiger partial charge in [-0.1, -0.05) is 43.0 Å². The fourth-order valence-corrected chi connectivity index (χ4v) is 4.00. The van der Waals surface area contributed by atoms with Crippen molar-refractivity contribution in [2.24, 2.45) is 5.73 Å². The van der Waals surface area contributed by atoms with Crippen LogP contribution in [0, 0.1) is 6.92 Å². The topological polar surface area (TPSA) is 41.8 Å². The van der Waals surface area contributed by atoms with E-state index >= 15 is 0 Å². The summed E-state index contributed by atoms with van der Waals surface area (Å²) >= 11 is 6.31. The molecule has 1 saturated carbocycles. The first kappa shape index (κ1) is 13.0. The molecule has 3 heteroatoms. The van der Waals surface area contributed by atoms with Crippen molar-refractivity contribution in [1.29, 1.82) is 0 Å². The molecule has 1 aliphatic rings. The van der Waals surface area contributed by atoms with Crippen LogP contribution in [0.1, 0.15) is 43.4 Å².